The van der Waals surface area contributed by atoms with Crippen molar-refractivity contribution in [3.05, 3.63) is 59.3 Å². The van der Waals surface area contributed by atoms with Gasteiger partial charge in [-0.1, -0.05) is 13.2 Å². The number of benzene rings is 1. The van der Waals surface area contributed by atoms with E-state index in [-0.39, 0.29) is 13.2 Å². The first-order valence-electron chi connectivity index (χ1n) is 10.4. The number of carbonyl (C=O) groups excluding carboxylic acids is 2. The summed E-state index contributed by atoms with van der Waals surface area (Å²) in [7, 11) is 0. The summed E-state index contributed by atoms with van der Waals surface area (Å²) in [4.78, 5) is 25.4. The molecule has 0 N–H and O–H groups in total. The van der Waals surface area contributed by atoms with Crippen molar-refractivity contribution >= 4 is 39.8 Å². The molecule has 1 aromatic carbocycles. The van der Waals surface area contributed by atoms with Crippen LogP contribution in [0.15, 0.2) is 52.7 Å². The van der Waals surface area contributed by atoms with E-state index in [1.54, 1.807) is 26.8 Å². The van der Waals surface area contributed by atoms with Gasteiger partial charge in [-0.3, -0.25) is 0 Å². The highest BCUT2D eigenvalue weighted by Crippen LogP contribution is 2.31. The van der Waals surface area contributed by atoms with Crippen molar-refractivity contribution in [3.8, 4) is 6.07 Å². The highest BCUT2D eigenvalue weighted by Gasteiger charge is 2.13. The molecule has 1 aromatic heterocycles. The molecule has 10 heteroatoms. The molecule has 0 atom stereocenters. The van der Waals surface area contributed by atoms with Gasteiger partial charge in [0.25, 0.3) is 0 Å². The number of nitriles is 1. The van der Waals surface area contributed by atoms with E-state index in [4.69, 9.17) is 9.47 Å². The van der Waals surface area contributed by atoms with Crippen molar-refractivity contribution in [2.45, 2.75) is 27.7 Å². The lowest BCUT2D eigenvalue weighted by Gasteiger charge is -2.25. The van der Waals surface area contributed by atoms with Crippen LogP contribution in [0.3, 0.4) is 0 Å². The second-order valence-corrected chi connectivity index (χ2v) is 8.30. The number of ether oxygens (including phenoxy) is 2. The number of aryl methyl sites for hydroxylation is 2. The lowest BCUT2D eigenvalue weighted by Crippen LogP contribution is -2.32. The van der Waals surface area contributed by atoms with Crippen molar-refractivity contribution in [2.24, 2.45) is 10.2 Å². The lowest BCUT2D eigenvalue weighted by atomic mass is 10.1. The van der Waals surface area contributed by atoms with Crippen LogP contribution < -0.4 is 4.90 Å². The fourth-order valence-electron chi connectivity index (χ4n) is 2.72. The van der Waals surface area contributed by atoms with Gasteiger partial charge in [-0.2, -0.15) is 9.64 Å². The second kappa shape index (κ2) is 12.4. The van der Waals surface area contributed by atoms with Gasteiger partial charge >= 0.3 is 11.9 Å². The molecule has 0 saturated heterocycles. The molecular weight excluding hydrogens is 454 g/mol. The lowest BCUT2D eigenvalue weighted by molar-refractivity contribution is -0.139. The minimum Gasteiger partial charge on any atom is -0.460 e. The summed E-state index contributed by atoms with van der Waals surface area (Å²) in [5.74, 6) is -0.925. The van der Waals surface area contributed by atoms with Crippen LogP contribution in [0.1, 0.15) is 30.7 Å². The molecule has 0 spiro atoms. The van der Waals surface area contributed by atoms with E-state index in [1.165, 1.54) is 0 Å². The van der Waals surface area contributed by atoms with Crippen LogP contribution >= 0.6 is 11.5 Å². The summed E-state index contributed by atoms with van der Waals surface area (Å²) in [5, 5.41) is 18.2. The number of esters is 2. The third kappa shape index (κ3) is 7.35. The number of aromatic nitrogens is 1. The Morgan fingerprint density at radius 3 is 2.18 bits per heavy atom. The molecule has 0 saturated carbocycles. The molecule has 0 radical (unpaired) electrons. The highest BCUT2D eigenvalue weighted by molar-refractivity contribution is 7.10. The van der Waals surface area contributed by atoms with Gasteiger partial charge in [-0.05, 0) is 63.0 Å². The Kier molecular flexibility index (Phi) is 9.64. The topological polar surface area (TPSA) is 117 Å². The van der Waals surface area contributed by atoms with Crippen molar-refractivity contribution < 1.29 is 19.1 Å². The zero-order valence-electron chi connectivity index (χ0n) is 19.8. The average molecular weight is 482 g/mol. The summed E-state index contributed by atoms with van der Waals surface area (Å²) >= 11 is 1.12. The Morgan fingerprint density at radius 2 is 1.68 bits per heavy atom. The van der Waals surface area contributed by atoms with E-state index < -0.39 is 11.9 Å². The van der Waals surface area contributed by atoms with E-state index >= 15 is 0 Å². The number of rotatable bonds is 11. The fourth-order valence-corrected chi connectivity index (χ4v) is 3.39. The second-order valence-electron chi connectivity index (χ2n) is 7.55. The van der Waals surface area contributed by atoms with Gasteiger partial charge in [0, 0.05) is 16.8 Å². The average Bonchev–Trinajstić information content (AvgIpc) is 3.15. The Morgan fingerprint density at radius 1 is 1.09 bits per heavy atom. The summed E-state index contributed by atoms with van der Waals surface area (Å²) in [5.41, 5.74) is 4.02. The van der Waals surface area contributed by atoms with Crippen molar-refractivity contribution in [2.75, 3.05) is 31.2 Å². The molecule has 0 fully saturated rings. The number of hydrogen-bond donors (Lipinski definition) is 0. The Bertz CT molecular complexity index is 1130. The van der Waals surface area contributed by atoms with Crippen LogP contribution in [0.5, 0.6) is 0 Å². The van der Waals surface area contributed by atoms with Crippen molar-refractivity contribution in [1.82, 2.24) is 4.37 Å². The van der Waals surface area contributed by atoms with Gasteiger partial charge in [0.15, 0.2) is 5.00 Å². The number of azo groups is 1. The van der Waals surface area contributed by atoms with Crippen LogP contribution in [-0.2, 0) is 19.1 Å². The first-order valence-corrected chi connectivity index (χ1v) is 11.2. The summed E-state index contributed by atoms with van der Waals surface area (Å²) in [6, 6.07) is 7.67. The molecule has 0 aliphatic heterocycles. The smallest absolute Gasteiger partial charge is 0.333 e. The number of carbonyl (C=O) groups is 2. The fraction of sp³-hybridized carbons (Fsp3) is 0.333. The van der Waals surface area contributed by atoms with Gasteiger partial charge in [0.1, 0.15) is 24.8 Å². The Balaban J connectivity index is 2.17. The molecule has 2 rings (SSSR count). The SMILES string of the molecule is C=C(C)C(=O)OCCN(CCOC(=O)C(=C)C)c1ccc(N=Nc2snc(C)c2C#N)c(C)c1. The highest BCUT2D eigenvalue weighted by atomic mass is 32.1. The Hall–Kier alpha value is -3.84. The van der Waals surface area contributed by atoms with E-state index in [0.717, 1.165) is 22.8 Å². The van der Waals surface area contributed by atoms with Crippen LogP contribution in [0.4, 0.5) is 16.4 Å². The molecular formula is C24H27N5O4S. The van der Waals surface area contributed by atoms with Crippen LogP contribution in [-0.4, -0.2) is 42.6 Å². The molecule has 34 heavy (non-hydrogen) atoms. The maximum Gasteiger partial charge on any atom is 0.333 e. The van der Waals surface area contributed by atoms with Gasteiger partial charge in [0.2, 0.25) is 0 Å². The zero-order valence-corrected chi connectivity index (χ0v) is 20.6. The minimum absolute atomic E-state index is 0.141. The van der Waals surface area contributed by atoms with E-state index in [2.05, 4.69) is 33.8 Å². The predicted molar refractivity (Wildman–Crippen MR) is 131 cm³/mol. The number of anilines is 1. The standard InChI is InChI=1S/C24H27N5O4S/c1-15(2)23(30)32-11-9-29(10-12-33-24(31)16(3)4)19-7-8-21(17(5)13-19)26-27-22-20(14-25)18(6)28-34-22/h7-8,13H,1,3,9-12H2,2,4-6H3. The van der Waals surface area contributed by atoms with Gasteiger partial charge < -0.3 is 14.4 Å². The third-order valence-electron chi connectivity index (χ3n) is 4.64. The van der Waals surface area contributed by atoms with E-state index in [9.17, 15) is 14.9 Å². The van der Waals surface area contributed by atoms with E-state index in [0.29, 0.717) is 46.2 Å². The normalized spacial score (nSPS) is 10.6. The van der Waals surface area contributed by atoms with Gasteiger partial charge in [-0.15, -0.1) is 10.2 Å². The molecule has 178 valence electrons. The number of nitrogens with zero attached hydrogens (tertiary/aromatic N) is 5. The molecule has 0 amide bonds. The third-order valence-corrected chi connectivity index (χ3v) is 5.46. The molecule has 0 bridgehead atoms. The maximum absolute atomic E-state index is 11.7. The van der Waals surface area contributed by atoms with Crippen LogP contribution in [0, 0.1) is 25.2 Å². The van der Waals surface area contributed by atoms with Gasteiger partial charge in [-0.25, -0.2) is 9.59 Å². The molecule has 9 nitrogen and oxygen atoms in total. The largest absolute Gasteiger partial charge is 0.460 e. The maximum atomic E-state index is 11.7. The molecule has 0 aliphatic rings. The predicted octanol–water partition coefficient (Wildman–Crippen LogP) is 5.09. The first-order chi connectivity index (χ1) is 16.1. The molecule has 2 aromatic rings. The molecule has 1 heterocycles. The monoisotopic (exact) mass is 481 g/mol. The minimum atomic E-state index is -0.462. The zero-order chi connectivity index (χ0) is 25.3. The first kappa shape index (κ1) is 26.4. The summed E-state index contributed by atoms with van der Waals surface area (Å²) < 4.78 is 14.6. The van der Waals surface area contributed by atoms with Crippen LogP contribution in [0.25, 0.3) is 0 Å². The Labute approximate surface area is 203 Å². The van der Waals surface area contributed by atoms with Crippen molar-refractivity contribution in [3.63, 3.8) is 0 Å². The van der Waals surface area contributed by atoms with Gasteiger partial charge in [0.05, 0.1) is 24.5 Å². The number of hydrogen-bond acceptors (Lipinski definition) is 10. The molecule has 0 unspecified atom stereocenters. The summed E-state index contributed by atoms with van der Waals surface area (Å²) in [6.45, 7) is 15.0. The summed E-state index contributed by atoms with van der Waals surface area (Å²) in [6.07, 6.45) is 0. The quantitative estimate of drug-likeness (QED) is 0.249. The molecule has 0 aliphatic carbocycles. The van der Waals surface area contributed by atoms with Crippen LogP contribution in [0.2, 0.25) is 0 Å². The van der Waals surface area contributed by atoms with E-state index in [1.807, 2.05) is 24.0 Å². The van der Waals surface area contributed by atoms with Crippen molar-refractivity contribution in [1.29, 1.82) is 5.26 Å².